The molecule has 4 rings (SSSR count). The zero-order valence-corrected chi connectivity index (χ0v) is 14.0. The molecule has 0 saturated heterocycles. The summed E-state index contributed by atoms with van der Waals surface area (Å²) in [5.74, 6) is 0.496. The zero-order chi connectivity index (χ0) is 18.3. The van der Waals surface area contributed by atoms with Gasteiger partial charge in [-0.3, -0.25) is 9.78 Å². The number of nitrogens with one attached hydrogen (secondary N) is 2. The average Bonchev–Trinajstić information content (AvgIpc) is 3.43. The quantitative estimate of drug-likeness (QED) is 0.753. The van der Waals surface area contributed by atoms with Crippen molar-refractivity contribution in [3.05, 3.63) is 79.8 Å². The van der Waals surface area contributed by atoms with Crippen molar-refractivity contribution in [2.45, 2.75) is 25.2 Å². The van der Waals surface area contributed by atoms with Crippen LogP contribution in [0.4, 0.5) is 0 Å². The van der Waals surface area contributed by atoms with Crippen LogP contribution in [0.2, 0.25) is 0 Å². The molecule has 0 aliphatic heterocycles. The molecule has 26 heavy (non-hydrogen) atoms. The molecule has 2 heterocycles. The van der Waals surface area contributed by atoms with Gasteiger partial charge in [0, 0.05) is 6.20 Å². The molecule has 1 saturated carbocycles. The maximum absolute atomic E-state index is 12.0. The van der Waals surface area contributed by atoms with Crippen LogP contribution in [-0.2, 0) is 0 Å². The van der Waals surface area contributed by atoms with Gasteiger partial charge in [-0.2, -0.15) is 10.4 Å². The summed E-state index contributed by atoms with van der Waals surface area (Å²) < 4.78 is 0. The summed E-state index contributed by atoms with van der Waals surface area (Å²) in [6.45, 7) is 1.88. The van der Waals surface area contributed by atoms with E-state index < -0.39 is 11.2 Å². The van der Waals surface area contributed by atoms with E-state index in [0.717, 1.165) is 23.2 Å². The maximum Gasteiger partial charge on any atom is 0.325 e. The highest BCUT2D eigenvalue weighted by Gasteiger charge is 2.42. The molecule has 0 amide bonds. The second kappa shape index (κ2) is 6.08. The van der Waals surface area contributed by atoms with Gasteiger partial charge in [-0.05, 0) is 48.4 Å². The van der Waals surface area contributed by atoms with Crippen molar-refractivity contribution in [1.82, 2.24) is 20.2 Å². The van der Waals surface area contributed by atoms with Crippen molar-refractivity contribution in [3.8, 4) is 17.3 Å². The minimum absolute atomic E-state index is 0.237. The molecule has 7 heteroatoms. The Morgan fingerprint density at radius 2 is 1.92 bits per heavy atom. The summed E-state index contributed by atoms with van der Waals surface area (Å²) in [5, 5.41) is 17.6. The Balaban J connectivity index is 1.72. The molecule has 128 valence electrons. The Hall–Kier alpha value is -3.53. The van der Waals surface area contributed by atoms with Crippen LogP contribution in [-0.4, -0.2) is 20.2 Å². The molecule has 7 nitrogen and oxygen atoms in total. The highest BCUT2D eigenvalue weighted by molar-refractivity contribution is 5.58. The van der Waals surface area contributed by atoms with Crippen LogP contribution >= 0.6 is 0 Å². The zero-order valence-electron chi connectivity index (χ0n) is 14.0. The number of aromatic nitrogens is 4. The van der Waals surface area contributed by atoms with Crippen molar-refractivity contribution in [2.75, 3.05) is 0 Å². The summed E-state index contributed by atoms with van der Waals surface area (Å²) in [7, 11) is 0. The molecule has 0 radical (unpaired) electrons. The highest BCUT2D eigenvalue weighted by Crippen LogP contribution is 2.56. The fourth-order valence-corrected chi connectivity index (χ4v) is 3.38. The molecule has 2 aromatic heterocycles. The van der Waals surface area contributed by atoms with Crippen molar-refractivity contribution in [1.29, 1.82) is 5.26 Å². The fraction of sp³-hybridized carbons (Fsp3) is 0.211. The van der Waals surface area contributed by atoms with Gasteiger partial charge >= 0.3 is 5.69 Å². The number of H-pyrrole nitrogens is 2. The predicted octanol–water partition coefficient (Wildman–Crippen LogP) is 1.97. The Bertz CT molecular complexity index is 1160. The monoisotopic (exact) mass is 345 g/mol. The lowest BCUT2D eigenvalue weighted by Crippen LogP contribution is -2.23. The lowest BCUT2D eigenvalue weighted by atomic mass is 9.99. The molecule has 1 fully saturated rings. The molecule has 1 aliphatic carbocycles. The molecule has 1 aliphatic rings. The lowest BCUT2D eigenvalue weighted by molar-refractivity contribution is 0.911. The van der Waals surface area contributed by atoms with Crippen LogP contribution in [0.3, 0.4) is 0 Å². The van der Waals surface area contributed by atoms with E-state index in [-0.39, 0.29) is 17.4 Å². The van der Waals surface area contributed by atoms with Gasteiger partial charge in [0.15, 0.2) is 0 Å². The van der Waals surface area contributed by atoms with Gasteiger partial charge in [0.25, 0.3) is 5.56 Å². The molecular weight excluding hydrogens is 330 g/mol. The Kier molecular flexibility index (Phi) is 3.73. The predicted molar refractivity (Wildman–Crippen MR) is 94.7 cm³/mol. The third-order valence-electron chi connectivity index (χ3n) is 4.78. The number of hydrogen-bond acceptors (Lipinski definition) is 5. The minimum atomic E-state index is -0.561. The second-order valence-corrected chi connectivity index (χ2v) is 6.40. The summed E-state index contributed by atoms with van der Waals surface area (Å²) in [5.41, 5.74) is 3.18. The van der Waals surface area contributed by atoms with Crippen molar-refractivity contribution < 1.29 is 0 Å². The first-order valence-electron chi connectivity index (χ1n) is 8.24. The molecule has 2 atom stereocenters. The van der Waals surface area contributed by atoms with Gasteiger partial charge < -0.3 is 4.98 Å². The number of hydrogen-bond donors (Lipinski definition) is 2. The number of nitriles is 1. The van der Waals surface area contributed by atoms with Crippen molar-refractivity contribution in [3.63, 3.8) is 0 Å². The largest absolute Gasteiger partial charge is 0.325 e. The summed E-state index contributed by atoms with van der Waals surface area (Å²) in [6, 6.07) is 11.7. The van der Waals surface area contributed by atoms with Crippen LogP contribution in [0.1, 0.15) is 40.6 Å². The number of aryl methyl sites for hydroxylation is 1. The molecule has 0 spiro atoms. The van der Waals surface area contributed by atoms with E-state index in [4.69, 9.17) is 0 Å². The SMILES string of the molecule is Cc1nnc(-c2c[nH]c(=O)[nH]c2=O)cc1[C@H]1C[C@@H]1c1ccccc1C#N. The van der Waals surface area contributed by atoms with E-state index in [2.05, 4.69) is 26.2 Å². The summed E-state index contributed by atoms with van der Waals surface area (Å²) in [6.07, 6.45) is 2.27. The molecule has 2 N–H and O–H groups in total. The van der Waals surface area contributed by atoms with Gasteiger partial charge in [-0.15, -0.1) is 5.10 Å². The summed E-state index contributed by atoms with van der Waals surface area (Å²) >= 11 is 0. The number of benzene rings is 1. The number of rotatable bonds is 3. The van der Waals surface area contributed by atoms with Gasteiger partial charge in [0.05, 0.1) is 22.9 Å². The van der Waals surface area contributed by atoms with Gasteiger partial charge in [0.1, 0.15) is 5.69 Å². The van der Waals surface area contributed by atoms with Crippen molar-refractivity contribution >= 4 is 0 Å². The highest BCUT2D eigenvalue weighted by atomic mass is 16.2. The molecule has 3 aromatic rings. The number of nitrogens with zero attached hydrogens (tertiary/aromatic N) is 3. The van der Waals surface area contributed by atoms with Crippen LogP contribution < -0.4 is 11.2 Å². The maximum atomic E-state index is 12.0. The van der Waals surface area contributed by atoms with Gasteiger partial charge in [-0.25, -0.2) is 4.79 Å². The third kappa shape index (κ3) is 2.71. The number of aromatic amines is 2. The lowest BCUT2D eigenvalue weighted by Gasteiger charge is -2.07. The topological polar surface area (TPSA) is 115 Å². The Morgan fingerprint density at radius 1 is 1.15 bits per heavy atom. The Morgan fingerprint density at radius 3 is 2.69 bits per heavy atom. The van der Waals surface area contributed by atoms with Gasteiger partial charge in [0.2, 0.25) is 0 Å². The van der Waals surface area contributed by atoms with Crippen LogP contribution in [0.25, 0.3) is 11.3 Å². The van der Waals surface area contributed by atoms with E-state index in [1.165, 1.54) is 6.20 Å². The van der Waals surface area contributed by atoms with E-state index in [9.17, 15) is 14.9 Å². The fourth-order valence-electron chi connectivity index (χ4n) is 3.38. The summed E-state index contributed by atoms with van der Waals surface area (Å²) in [4.78, 5) is 27.9. The molecule has 1 aromatic carbocycles. The van der Waals surface area contributed by atoms with Crippen LogP contribution in [0, 0.1) is 18.3 Å². The normalized spacial score (nSPS) is 18.3. The van der Waals surface area contributed by atoms with Crippen LogP contribution in [0.5, 0.6) is 0 Å². The van der Waals surface area contributed by atoms with E-state index in [1.54, 1.807) is 0 Å². The molecule has 0 bridgehead atoms. The van der Waals surface area contributed by atoms with Crippen LogP contribution in [0.15, 0.2) is 46.1 Å². The second-order valence-electron chi connectivity index (χ2n) is 6.40. The minimum Gasteiger partial charge on any atom is -0.313 e. The van der Waals surface area contributed by atoms with E-state index in [0.29, 0.717) is 11.3 Å². The molecule has 0 unspecified atom stereocenters. The standard InChI is InChI=1S/C19H15N5O2/c1-10-13(15-6-14(15)12-5-3-2-4-11(12)8-20)7-17(24-23-10)16-9-21-19(26)22-18(16)25/h2-5,7,9,14-15H,6H2,1H3,(H2,21,22,25,26)/t14-,15-/m1/s1. The van der Waals surface area contributed by atoms with E-state index in [1.807, 2.05) is 37.3 Å². The van der Waals surface area contributed by atoms with Crippen molar-refractivity contribution in [2.24, 2.45) is 0 Å². The first-order chi connectivity index (χ1) is 12.6. The van der Waals surface area contributed by atoms with E-state index >= 15 is 0 Å². The average molecular weight is 345 g/mol. The molecular formula is C19H15N5O2. The smallest absolute Gasteiger partial charge is 0.313 e. The first-order valence-corrected chi connectivity index (χ1v) is 8.24. The Labute approximate surface area is 148 Å². The first kappa shape index (κ1) is 16.0. The van der Waals surface area contributed by atoms with Gasteiger partial charge in [-0.1, -0.05) is 18.2 Å². The third-order valence-corrected chi connectivity index (χ3v) is 4.78.